The van der Waals surface area contributed by atoms with Gasteiger partial charge in [-0.2, -0.15) is 0 Å². The van der Waals surface area contributed by atoms with Crippen LogP contribution in [-0.2, 0) is 0 Å². The summed E-state index contributed by atoms with van der Waals surface area (Å²) >= 11 is 3.73. The summed E-state index contributed by atoms with van der Waals surface area (Å²) in [6.45, 7) is 2.53. The Hall–Kier alpha value is 0.440. The second kappa shape index (κ2) is 3.44. The van der Waals surface area contributed by atoms with Gasteiger partial charge in [-0.3, -0.25) is 0 Å². The van der Waals surface area contributed by atoms with E-state index < -0.39 is 0 Å². The van der Waals surface area contributed by atoms with Gasteiger partial charge in [-0.25, -0.2) is 0 Å². The van der Waals surface area contributed by atoms with E-state index in [9.17, 15) is 0 Å². The zero-order valence-electron chi connectivity index (χ0n) is 6.85. The van der Waals surface area contributed by atoms with Gasteiger partial charge in [-0.1, -0.05) is 15.9 Å². The van der Waals surface area contributed by atoms with Crippen LogP contribution in [0.4, 0.5) is 0 Å². The van der Waals surface area contributed by atoms with Crippen LogP contribution in [0, 0.1) is 11.8 Å². The minimum atomic E-state index is 0.821. The molecule has 2 aliphatic rings. The summed E-state index contributed by atoms with van der Waals surface area (Å²) < 4.78 is 0. The molecule has 64 valence electrons. The van der Waals surface area contributed by atoms with E-state index in [1.54, 1.807) is 0 Å². The molecule has 1 heterocycles. The number of alkyl halides is 1. The Labute approximate surface area is 77.1 Å². The zero-order valence-corrected chi connectivity index (χ0v) is 8.44. The molecule has 0 aromatic heterocycles. The zero-order chi connectivity index (χ0) is 7.68. The van der Waals surface area contributed by atoms with Gasteiger partial charge < -0.3 is 5.32 Å². The van der Waals surface area contributed by atoms with Crippen LogP contribution in [0.5, 0.6) is 0 Å². The summed E-state index contributed by atoms with van der Waals surface area (Å²) in [4.78, 5) is 0.821. The first-order valence-corrected chi connectivity index (χ1v) is 5.62. The smallest absolute Gasteiger partial charge is 0.0148 e. The van der Waals surface area contributed by atoms with Crippen molar-refractivity contribution in [1.82, 2.24) is 5.32 Å². The van der Waals surface area contributed by atoms with Gasteiger partial charge in [0.25, 0.3) is 0 Å². The Kier molecular flexibility index (Phi) is 2.52. The maximum Gasteiger partial charge on any atom is 0.0148 e. The van der Waals surface area contributed by atoms with Crippen molar-refractivity contribution in [1.29, 1.82) is 0 Å². The predicted octanol–water partition coefficient (Wildman–Crippen LogP) is 2.16. The van der Waals surface area contributed by atoms with Crippen LogP contribution in [0.2, 0.25) is 0 Å². The Bertz CT molecular complexity index is 138. The van der Waals surface area contributed by atoms with Crippen molar-refractivity contribution in [3.63, 3.8) is 0 Å². The molecule has 0 radical (unpaired) electrons. The van der Waals surface area contributed by atoms with E-state index in [1.165, 1.54) is 38.8 Å². The number of halogens is 1. The lowest BCUT2D eigenvalue weighted by Gasteiger charge is -2.37. The van der Waals surface area contributed by atoms with Gasteiger partial charge in [0.05, 0.1) is 0 Å². The molecule has 1 N–H and O–H groups in total. The Morgan fingerprint density at radius 2 is 2.00 bits per heavy atom. The van der Waals surface area contributed by atoms with Gasteiger partial charge in [-0.05, 0) is 50.6 Å². The third-order valence-electron chi connectivity index (χ3n) is 3.17. The molecular weight excluding hydrogens is 202 g/mol. The minimum absolute atomic E-state index is 0.821. The molecule has 1 aliphatic heterocycles. The first-order valence-electron chi connectivity index (χ1n) is 4.71. The van der Waals surface area contributed by atoms with Crippen molar-refractivity contribution in [3.8, 4) is 0 Å². The van der Waals surface area contributed by atoms with Gasteiger partial charge >= 0.3 is 0 Å². The molecule has 1 nitrogen and oxygen atoms in total. The van der Waals surface area contributed by atoms with Gasteiger partial charge in [0.15, 0.2) is 0 Å². The van der Waals surface area contributed by atoms with Crippen LogP contribution in [0.15, 0.2) is 0 Å². The summed E-state index contributed by atoms with van der Waals surface area (Å²) in [7, 11) is 0. The molecule has 0 amide bonds. The fourth-order valence-electron chi connectivity index (χ4n) is 2.47. The molecule has 0 spiro atoms. The molecule has 2 rings (SSSR count). The summed E-state index contributed by atoms with van der Waals surface area (Å²) in [5.74, 6) is 2.02. The quantitative estimate of drug-likeness (QED) is 0.614. The molecule has 1 saturated heterocycles. The van der Waals surface area contributed by atoms with E-state index in [2.05, 4.69) is 21.2 Å². The number of rotatable bonds is 0. The molecule has 0 bridgehead atoms. The SMILES string of the molecule is Br[C@@H]1CC[C@H]2CNCC[C@H]2C1. The van der Waals surface area contributed by atoms with Crippen LogP contribution in [-0.4, -0.2) is 17.9 Å². The highest BCUT2D eigenvalue weighted by Gasteiger charge is 2.30. The van der Waals surface area contributed by atoms with Crippen LogP contribution in [0.25, 0.3) is 0 Å². The molecular formula is C9H16BrN. The fraction of sp³-hybridized carbons (Fsp3) is 1.00. The lowest BCUT2D eigenvalue weighted by molar-refractivity contribution is 0.191. The van der Waals surface area contributed by atoms with Gasteiger partial charge in [0.2, 0.25) is 0 Å². The molecule has 0 unspecified atom stereocenters. The third kappa shape index (κ3) is 1.78. The second-order valence-electron chi connectivity index (χ2n) is 3.92. The molecule has 0 aromatic rings. The number of piperidine rings is 1. The fourth-order valence-corrected chi connectivity index (χ4v) is 3.21. The Morgan fingerprint density at radius 1 is 1.09 bits per heavy atom. The average molecular weight is 218 g/mol. The Balaban J connectivity index is 1.93. The predicted molar refractivity (Wildman–Crippen MR) is 51.0 cm³/mol. The van der Waals surface area contributed by atoms with E-state index in [4.69, 9.17) is 0 Å². The monoisotopic (exact) mass is 217 g/mol. The average Bonchev–Trinajstić information content (AvgIpc) is 2.04. The van der Waals surface area contributed by atoms with Gasteiger partial charge in [0, 0.05) is 4.83 Å². The lowest BCUT2D eigenvalue weighted by atomic mass is 9.76. The van der Waals surface area contributed by atoms with Crippen molar-refractivity contribution in [2.24, 2.45) is 11.8 Å². The largest absolute Gasteiger partial charge is 0.316 e. The summed E-state index contributed by atoms with van der Waals surface area (Å²) in [6, 6.07) is 0. The molecule has 11 heavy (non-hydrogen) atoms. The standard InChI is InChI=1S/C9H16BrN/c10-9-2-1-8-6-11-4-3-7(8)5-9/h7-9,11H,1-6H2/t7-,8-,9+/m0/s1. The summed E-state index contributed by atoms with van der Waals surface area (Å²) in [5, 5.41) is 3.48. The third-order valence-corrected chi connectivity index (χ3v) is 4.01. The number of hydrogen-bond acceptors (Lipinski definition) is 1. The molecule has 0 aromatic carbocycles. The number of nitrogens with one attached hydrogen (secondary N) is 1. The molecule has 1 saturated carbocycles. The maximum absolute atomic E-state index is 3.73. The highest BCUT2D eigenvalue weighted by molar-refractivity contribution is 9.09. The van der Waals surface area contributed by atoms with Crippen LogP contribution >= 0.6 is 15.9 Å². The van der Waals surface area contributed by atoms with Crippen LogP contribution < -0.4 is 5.32 Å². The van der Waals surface area contributed by atoms with Gasteiger partial charge in [-0.15, -0.1) is 0 Å². The molecule has 2 fully saturated rings. The molecule has 2 heteroatoms. The maximum atomic E-state index is 3.73. The van der Waals surface area contributed by atoms with Crippen molar-refractivity contribution in [2.45, 2.75) is 30.5 Å². The van der Waals surface area contributed by atoms with E-state index in [1.807, 2.05) is 0 Å². The normalized spacial score (nSPS) is 45.0. The molecule has 3 atom stereocenters. The van der Waals surface area contributed by atoms with Crippen molar-refractivity contribution in [2.75, 3.05) is 13.1 Å². The number of fused-ring (bicyclic) bond motifs is 1. The summed E-state index contributed by atoms with van der Waals surface area (Å²) in [5.41, 5.74) is 0. The lowest BCUT2D eigenvalue weighted by Crippen LogP contribution is -2.40. The van der Waals surface area contributed by atoms with Crippen molar-refractivity contribution >= 4 is 15.9 Å². The van der Waals surface area contributed by atoms with Crippen molar-refractivity contribution in [3.05, 3.63) is 0 Å². The summed E-state index contributed by atoms with van der Waals surface area (Å²) in [6.07, 6.45) is 5.66. The van der Waals surface area contributed by atoms with E-state index in [0.29, 0.717) is 0 Å². The van der Waals surface area contributed by atoms with E-state index >= 15 is 0 Å². The second-order valence-corrected chi connectivity index (χ2v) is 5.22. The highest BCUT2D eigenvalue weighted by Crippen LogP contribution is 2.36. The van der Waals surface area contributed by atoms with Crippen LogP contribution in [0.3, 0.4) is 0 Å². The molecule has 1 aliphatic carbocycles. The topological polar surface area (TPSA) is 12.0 Å². The van der Waals surface area contributed by atoms with E-state index in [0.717, 1.165) is 16.7 Å². The minimum Gasteiger partial charge on any atom is -0.316 e. The van der Waals surface area contributed by atoms with Crippen LogP contribution in [0.1, 0.15) is 25.7 Å². The highest BCUT2D eigenvalue weighted by atomic mass is 79.9. The first-order chi connectivity index (χ1) is 5.36. The van der Waals surface area contributed by atoms with E-state index in [-0.39, 0.29) is 0 Å². The van der Waals surface area contributed by atoms with Crippen molar-refractivity contribution < 1.29 is 0 Å². The first kappa shape index (κ1) is 8.06. The van der Waals surface area contributed by atoms with Gasteiger partial charge in [0.1, 0.15) is 0 Å². The Morgan fingerprint density at radius 3 is 2.91 bits per heavy atom. The number of hydrogen-bond donors (Lipinski definition) is 1.